The highest BCUT2D eigenvalue weighted by molar-refractivity contribution is 4.76. The summed E-state index contributed by atoms with van der Waals surface area (Å²) in [4.78, 5) is 2.63. The van der Waals surface area contributed by atoms with Gasteiger partial charge in [0.05, 0.1) is 0 Å². The van der Waals surface area contributed by atoms with Crippen LogP contribution in [0.25, 0.3) is 0 Å². The summed E-state index contributed by atoms with van der Waals surface area (Å²) in [5, 5.41) is 3.50. The van der Waals surface area contributed by atoms with Gasteiger partial charge in [-0.1, -0.05) is 13.8 Å². The van der Waals surface area contributed by atoms with Crippen LogP contribution in [0.2, 0.25) is 0 Å². The van der Waals surface area contributed by atoms with Crippen molar-refractivity contribution in [3.05, 3.63) is 0 Å². The van der Waals surface area contributed by atoms with Crippen LogP contribution in [0.1, 0.15) is 40.0 Å². The second-order valence-electron chi connectivity index (χ2n) is 5.68. The van der Waals surface area contributed by atoms with Gasteiger partial charge in [0, 0.05) is 25.8 Å². The van der Waals surface area contributed by atoms with Crippen molar-refractivity contribution in [2.75, 3.05) is 33.4 Å². The van der Waals surface area contributed by atoms with Gasteiger partial charge >= 0.3 is 0 Å². The van der Waals surface area contributed by atoms with Crippen LogP contribution in [-0.4, -0.2) is 50.3 Å². The Kier molecular flexibility index (Phi) is 7.09. The number of piperidine rings is 1. The van der Waals surface area contributed by atoms with Gasteiger partial charge in [-0.05, 0) is 51.7 Å². The summed E-state index contributed by atoms with van der Waals surface area (Å²) < 4.78 is 5.24. The van der Waals surface area contributed by atoms with Gasteiger partial charge in [0.15, 0.2) is 0 Å². The zero-order chi connectivity index (χ0) is 12.7. The van der Waals surface area contributed by atoms with Crippen molar-refractivity contribution in [1.29, 1.82) is 0 Å². The third kappa shape index (κ3) is 5.84. The zero-order valence-corrected chi connectivity index (χ0v) is 12.0. The number of nitrogens with one attached hydrogen (secondary N) is 1. The topological polar surface area (TPSA) is 24.5 Å². The molecule has 0 aliphatic carbocycles. The van der Waals surface area contributed by atoms with Crippen LogP contribution < -0.4 is 5.32 Å². The van der Waals surface area contributed by atoms with Crippen molar-refractivity contribution in [2.24, 2.45) is 5.92 Å². The average molecular weight is 242 g/mol. The summed E-state index contributed by atoms with van der Waals surface area (Å²) in [6.07, 6.45) is 3.86. The summed E-state index contributed by atoms with van der Waals surface area (Å²) in [7, 11) is 1.81. The maximum absolute atomic E-state index is 5.24. The van der Waals surface area contributed by atoms with Gasteiger partial charge in [-0.25, -0.2) is 0 Å². The van der Waals surface area contributed by atoms with Crippen LogP contribution in [0.4, 0.5) is 0 Å². The monoisotopic (exact) mass is 242 g/mol. The van der Waals surface area contributed by atoms with Crippen molar-refractivity contribution in [2.45, 2.75) is 52.1 Å². The Bertz CT molecular complexity index is 189. The van der Waals surface area contributed by atoms with E-state index in [9.17, 15) is 0 Å². The fourth-order valence-corrected chi connectivity index (χ4v) is 2.56. The van der Waals surface area contributed by atoms with Gasteiger partial charge < -0.3 is 15.0 Å². The fraction of sp³-hybridized carbons (Fsp3) is 1.00. The van der Waals surface area contributed by atoms with E-state index in [1.54, 1.807) is 0 Å². The second-order valence-corrected chi connectivity index (χ2v) is 5.68. The molecule has 1 aliphatic heterocycles. The first-order valence-electron chi connectivity index (χ1n) is 7.09. The molecule has 1 fully saturated rings. The number of hydrogen-bond donors (Lipinski definition) is 1. The minimum absolute atomic E-state index is 0.606. The van der Waals surface area contributed by atoms with E-state index >= 15 is 0 Å². The molecule has 1 heterocycles. The molecule has 0 saturated carbocycles. The van der Waals surface area contributed by atoms with Gasteiger partial charge in [-0.15, -0.1) is 0 Å². The number of likely N-dealkylation sites (tertiary alicyclic amines) is 1. The molecular weight excluding hydrogens is 212 g/mol. The van der Waals surface area contributed by atoms with Crippen LogP contribution in [0.3, 0.4) is 0 Å². The summed E-state index contributed by atoms with van der Waals surface area (Å²) in [6.45, 7) is 11.3. The molecule has 1 N–H and O–H groups in total. The molecule has 0 spiro atoms. The first-order chi connectivity index (χ1) is 8.13. The highest BCUT2D eigenvalue weighted by atomic mass is 16.5. The highest BCUT2D eigenvalue weighted by Gasteiger charge is 2.22. The Morgan fingerprint density at radius 2 is 1.88 bits per heavy atom. The van der Waals surface area contributed by atoms with Gasteiger partial charge in [-0.3, -0.25) is 0 Å². The van der Waals surface area contributed by atoms with Gasteiger partial charge in [-0.2, -0.15) is 0 Å². The Morgan fingerprint density at radius 3 is 2.41 bits per heavy atom. The highest BCUT2D eigenvalue weighted by Crippen LogP contribution is 2.19. The lowest BCUT2D eigenvalue weighted by Gasteiger charge is -2.36. The average Bonchev–Trinajstić information content (AvgIpc) is 2.30. The van der Waals surface area contributed by atoms with E-state index in [1.165, 1.54) is 32.4 Å². The first kappa shape index (κ1) is 14.9. The summed E-state index contributed by atoms with van der Waals surface area (Å²) in [5.74, 6) is 0.789. The fourth-order valence-electron chi connectivity index (χ4n) is 2.56. The second kappa shape index (κ2) is 8.06. The number of methoxy groups -OCH3 is 1. The molecule has 0 radical (unpaired) electrons. The van der Waals surface area contributed by atoms with E-state index < -0.39 is 0 Å². The molecule has 3 nitrogen and oxygen atoms in total. The van der Waals surface area contributed by atoms with Gasteiger partial charge in [0.2, 0.25) is 0 Å². The number of rotatable bonds is 7. The van der Waals surface area contributed by atoms with E-state index in [-0.39, 0.29) is 0 Å². The first-order valence-corrected chi connectivity index (χ1v) is 7.09. The quantitative estimate of drug-likeness (QED) is 0.740. The summed E-state index contributed by atoms with van der Waals surface area (Å²) >= 11 is 0. The molecule has 1 unspecified atom stereocenters. The zero-order valence-electron chi connectivity index (χ0n) is 12.0. The standard InChI is InChI=1S/C14H30N2O/c1-12(2)15-8-5-13(3)16-9-6-14(7-10-16)11-17-4/h12-15H,5-11H2,1-4H3. The van der Waals surface area contributed by atoms with E-state index in [4.69, 9.17) is 4.74 Å². The largest absolute Gasteiger partial charge is 0.384 e. The Balaban J connectivity index is 2.14. The van der Waals surface area contributed by atoms with Crippen molar-refractivity contribution < 1.29 is 4.74 Å². The third-order valence-electron chi connectivity index (χ3n) is 3.79. The van der Waals surface area contributed by atoms with E-state index in [1.807, 2.05) is 7.11 Å². The minimum Gasteiger partial charge on any atom is -0.384 e. The summed E-state index contributed by atoms with van der Waals surface area (Å²) in [6, 6.07) is 1.32. The van der Waals surface area contributed by atoms with Crippen LogP contribution in [0, 0.1) is 5.92 Å². The SMILES string of the molecule is COCC1CCN(C(C)CCNC(C)C)CC1. The van der Waals surface area contributed by atoms with Crippen molar-refractivity contribution in [3.63, 3.8) is 0 Å². The Labute approximate surface area is 107 Å². The smallest absolute Gasteiger partial charge is 0.0491 e. The van der Waals surface area contributed by atoms with Gasteiger partial charge in [0.1, 0.15) is 0 Å². The molecule has 17 heavy (non-hydrogen) atoms. The predicted octanol–water partition coefficient (Wildman–Crippen LogP) is 2.12. The van der Waals surface area contributed by atoms with Crippen LogP contribution in [0.15, 0.2) is 0 Å². The minimum atomic E-state index is 0.606. The lowest BCUT2D eigenvalue weighted by atomic mass is 9.96. The Hall–Kier alpha value is -0.120. The van der Waals surface area contributed by atoms with Crippen LogP contribution >= 0.6 is 0 Å². The molecule has 1 saturated heterocycles. The van der Waals surface area contributed by atoms with Gasteiger partial charge in [0.25, 0.3) is 0 Å². The maximum atomic E-state index is 5.24. The summed E-state index contributed by atoms with van der Waals surface area (Å²) in [5.41, 5.74) is 0. The number of hydrogen-bond acceptors (Lipinski definition) is 3. The molecule has 0 aromatic heterocycles. The maximum Gasteiger partial charge on any atom is 0.0491 e. The molecule has 0 bridgehead atoms. The van der Waals surface area contributed by atoms with E-state index in [0.717, 1.165) is 19.1 Å². The molecule has 0 aromatic rings. The molecule has 0 amide bonds. The molecule has 1 atom stereocenters. The molecule has 1 aliphatic rings. The predicted molar refractivity (Wildman–Crippen MR) is 73.4 cm³/mol. The number of nitrogens with zero attached hydrogens (tertiary/aromatic N) is 1. The molecule has 1 rings (SSSR count). The van der Waals surface area contributed by atoms with E-state index in [0.29, 0.717) is 12.1 Å². The van der Waals surface area contributed by atoms with Crippen LogP contribution in [-0.2, 0) is 4.74 Å². The lowest BCUT2D eigenvalue weighted by Crippen LogP contribution is -2.42. The van der Waals surface area contributed by atoms with Crippen molar-refractivity contribution in [1.82, 2.24) is 10.2 Å². The van der Waals surface area contributed by atoms with E-state index in [2.05, 4.69) is 31.0 Å². The van der Waals surface area contributed by atoms with Crippen molar-refractivity contribution in [3.8, 4) is 0 Å². The molecule has 3 heteroatoms. The Morgan fingerprint density at radius 1 is 1.24 bits per heavy atom. The lowest BCUT2D eigenvalue weighted by molar-refractivity contribution is 0.0813. The van der Waals surface area contributed by atoms with Crippen molar-refractivity contribution >= 4 is 0 Å². The molecule has 102 valence electrons. The molecular formula is C14H30N2O. The van der Waals surface area contributed by atoms with Crippen LogP contribution in [0.5, 0.6) is 0 Å². The third-order valence-corrected chi connectivity index (χ3v) is 3.79. The normalized spacial score (nSPS) is 21.0. The molecule has 0 aromatic carbocycles. The number of ether oxygens (including phenoxy) is 1.